The largest absolute Gasteiger partial charge is 0.496 e. The third kappa shape index (κ3) is 2.67. The molecular formula is C15H19N3O. The minimum atomic E-state index is 0.561. The third-order valence-corrected chi connectivity index (χ3v) is 3.25. The monoisotopic (exact) mass is 257 g/mol. The van der Waals surface area contributed by atoms with Crippen LogP contribution in [0.3, 0.4) is 0 Å². The van der Waals surface area contributed by atoms with Gasteiger partial charge in [-0.05, 0) is 26.3 Å². The van der Waals surface area contributed by atoms with Crippen molar-refractivity contribution in [3.05, 3.63) is 46.4 Å². The Bertz CT molecular complexity index is 609. The molecule has 0 unspecified atom stereocenters. The van der Waals surface area contributed by atoms with E-state index in [1.807, 2.05) is 27.0 Å². The van der Waals surface area contributed by atoms with Crippen molar-refractivity contribution in [2.24, 2.45) is 0 Å². The highest BCUT2D eigenvalue weighted by Crippen LogP contribution is 2.26. The van der Waals surface area contributed by atoms with E-state index in [-0.39, 0.29) is 0 Å². The summed E-state index contributed by atoms with van der Waals surface area (Å²) in [7, 11) is 1.68. The fraction of sp³-hybridized carbons (Fsp3) is 0.333. The molecule has 0 bridgehead atoms. The standard InChI is InChI=1S/C15H19N3O/c1-9-5-12(15(16)18-7-9)6-13-11(3)14(19-4)10(2)8-17-13/h5,7-8H,6H2,1-4H3,(H2,16,18). The third-order valence-electron chi connectivity index (χ3n) is 3.25. The van der Waals surface area contributed by atoms with Crippen molar-refractivity contribution < 1.29 is 4.74 Å². The zero-order valence-electron chi connectivity index (χ0n) is 11.8. The van der Waals surface area contributed by atoms with Gasteiger partial charge >= 0.3 is 0 Å². The lowest BCUT2D eigenvalue weighted by Gasteiger charge is -2.13. The number of aryl methyl sites for hydroxylation is 2. The summed E-state index contributed by atoms with van der Waals surface area (Å²) in [4.78, 5) is 8.67. The number of pyridine rings is 2. The van der Waals surface area contributed by atoms with Crippen LogP contribution in [0.1, 0.15) is 27.9 Å². The van der Waals surface area contributed by atoms with Crippen LogP contribution in [-0.4, -0.2) is 17.1 Å². The van der Waals surface area contributed by atoms with Crippen LogP contribution in [0.5, 0.6) is 5.75 Å². The predicted octanol–water partition coefficient (Wildman–Crippen LogP) is 2.58. The van der Waals surface area contributed by atoms with Gasteiger partial charge in [-0.15, -0.1) is 0 Å². The van der Waals surface area contributed by atoms with E-state index in [1.165, 1.54) is 0 Å². The van der Waals surface area contributed by atoms with Crippen LogP contribution >= 0.6 is 0 Å². The van der Waals surface area contributed by atoms with Gasteiger partial charge in [-0.25, -0.2) is 4.98 Å². The van der Waals surface area contributed by atoms with Crippen molar-refractivity contribution in [3.8, 4) is 5.75 Å². The molecule has 0 aromatic carbocycles. The number of ether oxygens (including phenoxy) is 1. The lowest BCUT2D eigenvalue weighted by atomic mass is 10.0. The topological polar surface area (TPSA) is 61.0 Å². The second kappa shape index (κ2) is 5.26. The van der Waals surface area contributed by atoms with Crippen LogP contribution in [0, 0.1) is 20.8 Å². The average molecular weight is 257 g/mol. The predicted molar refractivity (Wildman–Crippen MR) is 76.5 cm³/mol. The molecule has 0 aliphatic rings. The molecule has 4 heteroatoms. The maximum Gasteiger partial charge on any atom is 0.128 e. The van der Waals surface area contributed by atoms with Crippen molar-refractivity contribution in [2.45, 2.75) is 27.2 Å². The van der Waals surface area contributed by atoms with Gasteiger partial charge in [0.25, 0.3) is 0 Å². The summed E-state index contributed by atoms with van der Waals surface area (Å²) in [5.74, 6) is 1.45. The molecule has 19 heavy (non-hydrogen) atoms. The summed E-state index contributed by atoms with van der Waals surface area (Å²) in [6.07, 6.45) is 4.28. The highest BCUT2D eigenvalue weighted by molar-refractivity contribution is 5.47. The van der Waals surface area contributed by atoms with Crippen molar-refractivity contribution in [1.82, 2.24) is 9.97 Å². The molecule has 2 rings (SSSR count). The molecule has 0 radical (unpaired) electrons. The van der Waals surface area contributed by atoms with E-state index >= 15 is 0 Å². The van der Waals surface area contributed by atoms with Gasteiger partial charge in [0.1, 0.15) is 11.6 Å². The van der Waals surface area contributed by atoms with Gasteiger partial charge in [0.05, 0.1) is 12.8 Å². The number of anilines is 1. The van der Waals surface area contributed by atoms with Gasteiger partial charge in [0.2, 0.25) is 0 Å². The van der Waals surface area contributed by atoms with E-state index < -0.39 is 0 Å². The Balaban J connectivity index is 2.41. The molecule has 0 amide bonds. The molecule has 100 valence electrons. The summed E-state index contributed by atoms with van der Waals surface area (Å²) in [6.45, 7) is 6.02. The fourth-order valence-electron chi connectivity index (χ4n) is 2.21. The summed E-state index contributed by atoms with van der Waals surface area (Å²) in [5.41, 5.74) is 11.1. The maximum absolute atomic E-state index is 5.92. The summed E-state index contributed by atoms with van der Waals surface area (Å²) in [6, 6.07) is 2.05. The molecule has 0 aliphatic carbocycles. The lowest BCUT2D eigenvalue weighted by molar-refractivity contribution is 0.407. The Morgan fingerprint density at radius 2 is 1.89 bits per heavy atom. The fourth-order valence-corrected chi connectivity index (χ4v) is 2.21. The molecule has 2 N–H and O–H groups in total. The normalized spacial score (nSPS) is 10.5. The molecule has 0 fully saturated rings. The minimum absolute atomic E-state index is 0.561. The lowest BCUT2D eigenvalue weighted by Crippen LogP contribution is -2.04. The molecule has 4 nitrogen and oxygen atoms in total. The molecule has 0 saturated heterocycles. The van der Waals surface area contributed by atoms with E-state index in [9.17, 15) is 0 Å². The average Bonchev–Trinajstić information content (AvgIpc) is 2.38. The molecule has 2 heterocycles. The number of hydrogen-bond donors (Lipinski definition) is 1. The van der Waals surface area contributed by atoms with Gasteiger partial charge in [-0.2, -0.15) is 0 Å². The second-order valence-corrected chi connectivity index (χ2v) is 4.78. The number of nitrogens with zero attached hydrogens (tertiary/aromatic N) is 2. The molecule has 0 aliphatic heterocycles. The Labute approximate surface area is 113 Å². The smallest absolute Gasteiger partial charge is 0.128 e. The summed E-state index contributed by atoms with van der Waals surface area (Å²) in [5, 5.41) is 0. The maximum atomic E-state index is 5.92. The Morgan fingerprint density at radius 3 is 2.58 bits per heavy atom. The first-order valence-corrected chi connectivity index (χ1v) is 6.23. The molecule has 2 aromatic heterocycles. The number of nitrogen functional groups attached to an aromatic ring is 1. The first kappa shape index (κ1) is 13.3. The summed E-state index contributed by atoms with van der Waals surface area (Å²) < 4.78 is 5.42. The van der Waals surface area contributed by atoms with Crippen LogP contribution in [0.15, 0.2) is 18.5 Å². The Hall–Kier alpha value is -2.10. The van der Waals surface area contributed by atoms with E-state index in [1.54, 1.807) is 13.3 Å². The molecule has 0 saturated carbocycles. The SMILES string of the molecule is COc1c(C)cnc(Cc2cc(C)cnc2N)c1C. The van der Waals surface area contributed by atoms with Crippen LogP contribution < -0.4 is 10.5 Å². The highest BCUT2D eigenvalue weighted by atomic mass is 16.5. The van der Waals surface area contributed by atoms with E-state index in [0.29, 0.717) is 12.2 Å². The highest BCUT2D eigenvalue weighted by Gasteiger charge is 2.11. The van der Waals surface area contributed by atoms with E-state index in [4.69, 9.17) is 10.5 Å². The minimum Gasteiger partial charge on any atom is -0.496 e. The van der Waals surface area contributed by atoms with Crippen LogP contribution in [0.4, 0.5) is 5.82 Å². The zero-order chi connectivity index (χ0) is 14.0. The van der Waals surface area contributed by atoms with Gasteiger partial charge in [-0.1, -0.05) is 6.07 Å². The van der Waals surface area contributed by atoms with Gasteiger partial charge in [-0.3, -0.25) is 4.98 Å². The van der Waals surface area contributed by atoms with E-state index in [2.05, 4.69) is 16.0 Å². The number of methoxy groups -OCH3 is 1. The van der Waals surface area contributed by atoms with Gasteiger partial charge in [0, 0.05) is 35.5 Å². The molecular weight excluding hydrogens is 238 g/mol. The Kier molecular flexibility index (Phi) is 3.69. The summed E-state index contributed by atoms with van der Waals surface area (Å²) >= 11 is 0. The molecule has 2 aromatic rings. The quantitative estimate of drug-likeness (QED) is 0.918. The molecule has 0 spiro atoms. The zero-order valence-corrected chi connectivity index (χ0v) is 11.8. The van der Waals surface area contributed by atoms with Crippen molar-refractivity contribution >= 4 is 5.82 Å². The van der Waals surface area contributed by atoms with Crippen molar-refractivity contribution in [1.29, 1.82) is 0 Å². The molecule has 0 atom stereocenters. The van der Waals surface area contributed by atoms with Gasteiger partial charge < -0.3 is 10.5 Å². The van der Waals surface area contributed by atoms with Crippen LogP contribution in [0.25, 0.3) is 0 Å². The van der Waals surface area contributed by atoms with Crippen LogP contribution in [0.2, 0.25) is 0 Å². The van der Waals surface area contributed by atoms with E-state index in [0.717, 1.165) is 33.7 Å². The second-order valence-electron chi connectivity index (χ2n) is 4.78. The first-order chi connectivity index (χ1) is 9.02. The van der Waals surface area contributed by atoms with Crippen molar-refractivity contribution in [2.75, 3.05) is 12.8 Å². The first-order valence-electron chi connectivity index (χ1n) is 6.23. The van der Waals surface area contributed by atoms with Crippen molar-refractivity contribution in [3.63, 3.8) is 0 Å². The van der Waals surface area contributed by atoms with Crippen LogP contribution in [-0.2, 0) is 6.42 Å². The van der Waals surface area contributed by atoms with Gasteiger partial charge in [0.15, 0.2) is 0 Å². The number of hydrogen-bond acceptors (Lipinski definition) is 4. The number of rotatable bonds is 3. The number of nitrogens with two attached hydrogens (primary N) is 1. The number of aromatic nitrogens is 2. The Morgan fingerprint density at radius 1 is 1.16 bits per heavy atom.